The van der Waals surface area contributed by atoms with Crippen LogP contribution in [0, 0.1) is 11.3 Å². The SMILES string of the molecule is C[C@@H](NC(=O)COc1cccc(C#N)c1)c1cccc(Cl)c1. The Kier molecular flexibility index (Phi) is 5.40. The van der Waals surface area contributed by atoms with Crippen molar-refractivity contribution < 1.29 is 9.53 Å². The largest absolute Gasteiger partial charge is 0.484 e. The van der Waals surface area contributed by atoms with Gasteiger partial charge in [-0.05, 0) is 42.8 Å². The van der Waals surface area contributed by atoms with Crippen molar-refractivity contribution in [3.8, 4) is 11.8 Å². The Morgan fingerprint density at radius 1 is 1.32 bits per heavy atom. The molecule has 1 atom stereocenters. The van der Waals surface area contributed by atoms with Crippen molar-refractivity contribution in [2.24, 2.45) is 0 Å². The van der Waals surface area contributed by atoms with Crippen molar-refractivity contribution in [1.29, 1.82) is 5.26 Å². The van der Waals surface area contributed by atoms with E-state index in [1.165, 1.54) is 0 Å². The van der Waals surface area contributed by atoms with Gasteiger partial charge in [-0.25, -0.2) is 0 Å². The molecule has 5 heteroatoms. The molecule has 0 aliphatic rings. The van der Waals surface area contributed by atoms with Crippen molar-refractivity contribution in [2.75, 3.05) is 6.61 Å². The first-order chi connectivity index (χ1) is 10.6. The Labute approximate surface area is 134 Å². The summed E-state index contributed by atoms with van der Waals surface area (Å²) in [6.45, 7) is 1.76. The zero-order valence-electron chi connectivity index (χ0n) is 12.0. The van der Waals surface area contributed by atoms with Crippen LogP contribution in [0.25, 0.3) is 0 Å². The van der Waals surface area contributed by atoms with Crippen LogP contribution in [0.1, 0.15) is 24.1 Å². The highest BCUT2D eigenvalue weighted by Gasteiger charge is 2.10. The van der Waals surface area contributed by atoms with E-state index in [-0.39, 0.29) is 18.6 Å². The maximum Gasteiger partial charge on any atom is 0.258 e. The molecule has 0 saturated heterocycles. The molecule has 2 aromatic rings. The fourth-order valence-electron chi connectivity index (χ4n) is 1.95. The summed E-state index contributed by atoms with van der Waals surface area (Å²) in [5.41, 5.74) is 1.41. The minimum atomic E-state index is -0.241. The molecule has 0 heterocycles. The predicted molar refractivity (Wildman–Crippen MR) is 84.7 cm³/mol. The molecule has 22 heavy (non-hydrogen) atoms. The molecule has 0 saturated carbocycles. The minimum Gasteiger partial charge on any atom is -0.484 e. The molecule has 0 bridgehead atoms. The molecule has 1 N–H and O–H groups in total. The fourth-order valence-corrected chi connectivity index (χ4v) is 2.15. The standard InChI is InChI=1S/C17H15ClN2O2/c1-12(14-5-3-6-15(18)9-14)20-17(21)11-22-16-7-2-4-13(8-16)10-19/h2-9,12H,11H2,1H3,(H,20,21)/t12-/m1/s1. The van der Waals surface area contributed by atoms with Crippen LogP contribution in [0.2, 0.25) is 5.02 Å². The lowest BCUT2D eigenvalue weighted by Gasteiger charge is -2.15. The van der Waals surface area contributed by atoms with Crippen LogP contribution < -0.4 is 10.1 Å². The number of amides is 1. The van der Waals surface area contributed by atoms with E-state index in [0.717, 1.165) is 5.56 Å². The maximum absolute atomic E-state index is 11.9. The summed E-state index contributed by atoms with van der Waals surface area (Å²) in [4.78, 5) is 11.9. The number of nitrogens with zero attached hydrogens (tertiary/aromatic N) is 1. The number of nitriles is 1. The zero-order valence-corrected chi connectivity index (χ0v) is 12.8. The second-order valence-electron chi connectivity index (χ2n) is 4.77. The van der Waals surface area contributed by atoms with Gasteiger partial charge in [0.2, 0.25) is 0 Å². The van der Waals surface area contributed by atoms with E-state index < -0.39 is 0 Å². The summed E-state index contributed by atoms with van der Waals surface area (Å²) in [7, 11) is 0. The van der Waals surface area contributed by atoms with Gasteiger partial charge in [-0.3, -0.25) is 4.79 Å². The van der Waals surface area contributed by atoms with Gasteiger partial charge in [0.25, 0.3) is 5.91 Å². The molecule has 0 aromatic heterocycles. The number of carbonyl (C=O) groups is 1. The summed E-state index contributed by atoms with van der Waals surface area (Å²) >= 11 is 5.93. The Hall–Kier alpha value is -2.51. The smallest absolute Gasteiger partial charge is 0.258 e. The highest BCUT2D eigenvalue weighted by molar-refractivity contribution is 6.30. The first-order valence-corrected chi connectivity index (χ1v) is 7.14. The van der Waals surface area contributed by atoms with Gasteiger partial charge in [0.05, 0.1) is 17.7 Å². The van der Waals surface area contributed by atoms with E-state index in [1.54, 1.807) is 30.3 Å². The second-order valence-corrected chi connectivity index (χ2v) is 5.21. The van der Waals surface area contributed by atoms with Crippen molar-refractivity contribution in [1.82, 2.24) is 5.32 Å². The predicted octanol–water partition coefficient (Wildman–Crippen LogP) is 3.47. The molecule has 1 amide bonds. The number of ether oxygens (including phenoxy) is 1. The van der Waals surface area contributed by atoms with Crippen LogP contribution in [0.5, 0.6) is 5.75 Å². The lowest BCUT2D eigenvalue weighted by atomic mass is 10.1. The molecule has 0 aliphatic heterocycles. The number of hydrogen-bond acceptors (Lipinski definition) is 3. The molecule has 0 aliphatic carbocycles. The topological polar surface area (TPSA) is 62.1 Å². The average Bonchev–Trinajstić information content (AvgIpc) is 2.53. The first-order valence-electron chi connectivity index (χ1n) is 6.76. The molecule has 112 valence electrons. The summed E-state index contributed by atoms with van der Waals surface area (Å²) in [5, 5.41) is 12.3. The highest BCUT2D eigenvalue weighted by Crippen LogP contribution is 2.17. The third-order valence-corrected chi connectivity index (χ3v) is 3.29. The normalized spacial score (nSPS) is 11.3. The Morgan fingerprint density at radius 2 is 2.09 bits per heavy atom. The number of benzene rings is 2. The van der Waals surface area contributed by atoms with Crippen LogP contribution in [0.3, 0.4) is 0 Å². The molecule has 0 fully saturated rings. The lowest BCUT2D eigenvalue weighted by Crippen LogP contribution is -2.31. The number of nitrogens with one attached hydrogen (secondary N) is 1. The van der Waals surface area contributed by atoms with Gasteiger partial charge in [0, 0.05) is 5.02 Å². The summed E-state index contributed by atoms with van der Waals surface area (Å²) < 4.78 is 5.38. The maximum atomic E-state index is 11.9. The van der Waals surface area contributed by atoms with Crippen molar-refractivity contribution in [2.45, 2.75) is 13.0 Å². The van der Waals surface area contributed by atoms with E-state index in [2.05, 4.69) is 5.32 Å². The van der Waals surface area contributed by atoms with E-state index in [0.29, 0.717) is 16.3 Å². The van der Waals surface area contributed by atoms with E-state index >= 15 is 0 Å². The first kappa shape index (κ1) is 15.9. The lowest BCUT2D eigenvalue weighted by molar-refractivity contribution is -0.123. The molecular formula is C17H15ClN2O2. The second kappa shape index (κ2) is 7.48. The minimum absolute atomic E-state index is 0.111. The third-order valence-electron chi connectivity index (χ3n) is 3.06. The molecule has 0 radical (unpaired) electrons. The number of hydrogen-bond donors (Lipinski definition) is 1. The highest BCUT2D eigenvalue weighted by atomic mass is 35.5. The number of carbonyl (C=O) groups excluding carboxylic acids is 1. The van der Waals surface area contributed by atoms with Crippen LogP contribution in [-0.4, -0.2) is 12.5 Å². The van der Waals surface area contributed by atoms with E-state index in [4.69, 9.17) is 21.6 Å². The monoisotopic (exact) mass is 314 g/mol. The van der Waals surface area contributed by atoms with Gasteiger partial charge in [0.15, 0.2) is 6.61 Å². The van der Waals surface area contributed by atoms with Crippen molar-refractivity contribution in [3.63, 3.8) is 0 Å². The molecule has 2 aromatic carbocycles. The third kappa shape index (κ3) is 4.51. The van der Waals surface area contributed by atoms with Gasteiger partial charge in [-0.15, -0.1) is 0 Å². The van der Waals surface area contributed by atoms with Crippen molar-refractivity contribution >= 4 is 17.5 Å². The van der Waals surface area contributed by atoms with Gasteiger partial charge >= 0.3 is 0 Å². The van der Waals surface area contributed by atoms with E-state index in [9.17, 15) is 4.79 Å². The Balaban J connectivity index is 1.89. The van der Waals surface area contributed by atoms with Crippen LogP contribution >= 0.6 is 11.6 Å². The summed E-state index contributed by atoms with van der Waals surface area (Å²) in [6.07, 6.45) is 0. The zero-order chi connectivity index (χ0) is 15.9. The fraction of sp³-hybridized carbons (Fsp3) is 0.176. The summed E-state index contributed by atoms with van der Waals surface area (Å²) in [6, 6.07) is 15.9. The number of halogens is 1. The quantitative estimate of drug-likeness (QED) is 0.919. The van der Waals surface area contributed by atoms with Gasteiger partial charge in [0.1, 0.15) is 5.75 Å². The van der Waals surface area contributed by atoms with Crippen LogP contribution in [-0.2, 0) is 4.79 Å². The van der Waals surface area contributed by atoms with Crippen molar-refractivity contribution in [3.05, 3.63) is 64.7 Å². The molecule has 2 rings (SSSR count). The Bertz CT molecular complexity index is 710. The van der Waals surface area contributed by atoms with E-state index in [1.807, 2.05) is 31.2 Å². The van der Waals surface area contributed by atoms with Gasteiger partial charge < -0.3 is 10.1 Å². The van der Waals surface area contributed by atoms with Gasteiger partial charge in [-0.2, -0.15) is 5.26 Å². The Morgan fingerprint density at radius 3 is 2.82 bits per heavy atom. The van der Waals surface area contributed by atoms with Crippen LogP contribution in [0.4, 0.5) is 0 Å². The van der Waals surface area contributed by atoms with Gasteiger partial charge in [-0.1, -0.05) is 29.8 Å². The molecular weight excluding hydrogens is 300 g/mol. The number of rotatable bonds is 5. The summed E-state index contributed by atoms with van der Waals surface area (Å²) in [5.74, 6) is 0.249. The molecule has 0 unspecified atom stereocenters. The molecule has 4 nitrogen and oxygen atoms in total. The molecule has 0 spiro atoms. The van der Waals surface area contributed by atoms with Crippen LogP contribution in [0.15, 0.2) is 48.5 Å². The average molecular weight is 315 g/mol.